The zero-order valence-electron chi connectivity index (χ0n) is 22.1. The number of aromatic nitrogens is 3. The molecule has 2 aromatic heterocycles. The molecule has 4 rings (SSSR count). The van der Waals surface area contributed by atoms with Crippen molar-refractivity contribution in [1.29, 1.82) is 5.26 Å². The van der Waals surface area contributed by atoms with E-state index in [1.807, 2.05) is 0 Å². The quantitative estimate of drug-likeness (QED) is 0.358. The van der Waals surface area contributed by atoms with Crippen LogP contribution in [0, 0.1) is 17.2 Å². The first-order valence-corrected chi connectivity index (χ1v) is 12.3. The number of methoxy groups -OCH3 is 1. The highest BCUT2D eigenvalue weighted by atomic mass is 19.1. The lowest BCUT2D eigenvalue weighted by Gasteiger charge is -2.31. The predicted molar refractivity (Wildman–Crippen MR) is 142 cm³/mol. The SMILES string of the molecule is COc1nc(Nc2cc(-c3ccc(O[C@H]4CCNC[C@H]4C(=O)[C@@H](O)F)c(C#N)c3)ncn2)ccc1C(=O)N(C)C. The van der Waals surface area contributed by atoms with Crippen LogP contribution in [0.4, 0.5) is 16.0 Å². The fourth-order valence-electron chi connectivity index (χ4n) is 4.26. The van der Waals surface area contributed by atoms with Crippen LogP contribution in [0.2, 0.25) is 0 Å². The maximum Gasteiger partial charge on any atom is 0.258 e. The number of Topliss-reactive ketones (excluding diaryl/α,β-unsaturated/α-hetero) is 1. The number of hydrogen-bond donors (Lipinski definition) is 3. The van der Waals surface area contributed by atoms with Gasteiger partial charge in [0.1, 0.15) is 41.4 Å². The molecule has 40 heavy (non-hydrogen) atoms. The number of carbonyl (C=O) groups is 2. The fraction of sp³-hybridized carbons (Fsp3) is 0.333. The second kappa shape index (κ2) is 12.5. The molecule has 1 aliphatic heterocycles. The number of piperidine rings is 1. The van der Waals surface area contributed by atoms with Gasteiger partial charge in [-0.1, -0.05) is 0 Å². The van der Waals surface area contributed by atoms with Gasteiger partial charge in [0.2, 0.25) is 11.7 Å². The van der Waals surface area contributed by atoms with Crippen molar-refractivity contribution >= 4 is 23.3 Å². The highest BCUT2D eigenvalue weighted by Gasteiger charge is 2.36. The van der Waals surface area contributed by atoms with E-state index in [4.69, 9.17) is 14.6 Å². The maximum absolute atomic E-state index is 13.3. The van der Waals surface area contributed by atoms with Crippen LogP contribution in [0.25, 0.3) is 11.3 Å². The number of benzene rings is 1. The van der Waals surface area contributed by atoms with Gasteiger partial charge in [-0.15, -0.1) is 0 Å². The summed E-state index contributed by atoms with van der Waals surface area (Å²) in [5.74, 6) is -0.902. The first kappa shape index (κ1) is 28.3. The molecule has 208 valence electrons. The molecular weight excluding hydrogens is 521 g/mol. The van der Waals surface area contributed by atoms with Crippen LogP contribution in [0.1, 0.15) is 22.3 Å². The van der Waals surface area contributed by atoms with Gasteiger partial charge >= 0.3 is 0 Å². The Labute approximate surface area is 229 Å². The van der Waals surface area contributed by atoms with Crippen molar-refractivity contribution in [2.24, 2.45) is 5.92 Å². The Balaban J connectivity index is 1.55. The van der Waals surface area contributed by atoms with Gasteiger partial charge in [-0.3, -0.25) is 9.59 Å². The number of rotatable bonds is 9. The molecular formula is C27H28FN7O5. The summed E-state index contributed by atoms with van der Waals surface area (Å²) >= 11 is 0. The smallest absolute Gasteiger partial charge is 0.258 e. The third-order valence-electron chi connectivity index (χ3n) is 6.31. The van der Waals surface area contributed by atoms with Gasteiger partial charge in [0.05, 0.1) is 24.3 Å². The van der Waals surface area contributed by atoms with E-state index in [-0.39, 0.29) is 29.6 Å². The molecule has 12 nitrogen and oxygen atoms in total. The van der Waals surface area contributed by atoms with Crippen LogP contribution in [0.3, 0.4) is 0 Å². The number of ether oxygens (including phenoxy) is 2. The minimum absolute atomic E-state index is 0.158. The second-order valence-electron chi connectivity index (χ2n) is 9.18. The molecule has 0 spiro atoms. The lowest BCUT2D eigenvalue weighted by Crippen LogP contribution is -2.48. The van der Waals surface area contributed by atoms with E-state index in [1.165, 1.54) is 18.3 Å². The van der Waals surface area contributed by atoms with Crippen molar-refractivity contribution in [3.8, 4) is 29.0 Å². The van der Waals surface area contributed by atoms with E-state index in [2.05, 4.69) is 31.7 Å². The summed E-state index contributed by atoms with van der Waals surface area (Å²) in [5.41, 5.74) is 1.61. The number of nitrogens with one attached hydrogen (secondary N) is 2. The minimum atomic E-state index is -2.59. The second-order valence-corrected chi connectivity index (χ2v) is 9.18. The molecule has 3 atom stereocenters. The summed E-state index contributed by atoms with van der Waals surface area (Å²) in [6.07, 6.45) is -1.54. The lowest BCUT2D eigenvalue weighted by molar-refractivity contribution is -0.143. The van der Waals surface area contributed by atoms with E-state index in [0.29, 0.717) is 41.4 Å². The fourth-order valence-corrected chi connectivity index (χ4v) is 4.26. The van der Waals surface area contributed by atoms with Gasteiger partial charge in [0.25, 0.3) is 12.3 Å². The molecule has 1 amide bonds. The molecule has 1 fully saturated rings. The van der Waals surface area contributed by atoms with Crippen molar-refractivity contribution in [2.45, 2.75) is 18.9 Å². The number of aliphatic hydroxyl groups is 1. The highest BCUT2D eigenvalue weighted by Crippen LogP contribution is 2.30. The van der Waals surface area contributed by atoms with E-state index in [0.717, 1.165) is 0 Å². The van der Waals surface area contributed by atoms with Gasteiger partial charge in [-0.05, 0) is 43.3 Å². The molecule has 3 N–H and O–H groups in total. The molecule has 1 saturated heterocycles. The van der Waals surface area contributed by atoms with Crippen molar-refractivity contribution in [2.75, 3.05) is 39.6 Å². The molecule has 1 aromatic carbocycles. The van der Waals surface area contributed by atoms with Crippen LogP contribution in [-0.2, 0) is 4.79 Å². The molecule has 0 saturated carbocycles. The first-order chi connectivity index (χ1) is 19.2. The van der Waals surface area contributed by atoms with Crippen molar-refractivity contribution < 1.29 is 28.6 Å². The molecule has 3 heterocycles. The van der Waals surface area contributed by atoms with Gasteiger partial charge in [-0.25, -0.2) is 14.4 Å². The number of hydrogen-bond acceptors (Lipinski definition) is 11. The number of pyridine rings is 1. The summed E-state index contributed by atoms with van der Waals surface area (Å²) in [4.78, 5) is 38.7. The Morgan fingerprint density at radius 3 is 2.73 bits per heavy atom. The summed E-state index contributed by atoms with van der Waals surface area (Å²) in [6, 6.07) is 11.9. The van der Waals surface area contributed by atoms with E-state index in [1.54, 1.807) is 50.5 Å². The number of halogens is 1. The molecule has 3 aromatic rings. The summed E-state index contributed by atoms with van der Waals surface area (Å²) in [6.45, 7) is 0.708. The number of ketones is 1. The number of anilines is 2. The number of aliphatic hydroxyl groups excluding tert-OH is 1. The largest absolute Gasteiger partial charge is 0.488 e. The number of alkyl halides is 1. The number of amides is 1. The Morgan fingerprint density at radius 1 is 1.23 bits per heavy atom. The lowest BCUT2D eigenvalue weighted by atomic mass is 9.91. The van der Waals surface area contributed by atoms with Crippen LogP contribution in [0.5, 0.6) is 11.6 Å². The molecule has 0 aliphatic carbocycles. The monoisotopic (exact) mass is 549 g/mol. The zero-order valence-corrected chi connectivity index (χ0v) is 22.1. The molecule has 0 radical (unpaired) electrons. The average Bonchev–Trinajstić information content (AvgIpc) is 2.96. The van der Waals surface area contributed by atoms with Gasteiger partial charge < -0.3 is 30.1 Å². The van der Waals surface area contributed by atoms with Gasteiger partial charge in [-0.2, -0.15) is 10.2 Å². The highest BCUT2D eigenvalue weighted by molar-refractivity contribution is 5.96. The summed E-state index contributed by atoms with van der Waals surface area (Å²) in [7, 11) is 4.70. The Morgan fingerprint density at radius 2 is 2.02 bits per heavy atom. The van der Waals surface area contributed by atoms with Crippen LogP contribution >= 0.6 is 0 Å². The normalized spacial score (nSPS) is 17.3. The molecule has 1 aliphatic rings. The number of carbonyl (C=O) groups excluding carboxylic acids is 2. The third-order valence-corrected chi connectivity index (χ3v) is 6.31. The molecule has 0 bridgehead atoms. The van der Waals surface area contributed by atoms with Gasteiger partial charge in [0.15, 0.2) is 0 Å². The topological polar surface area (TPSA) is 163 Å². The number of nitriles is 1. The molecule has 13 heteroatoms. The Kier molecular flexibility index (Phi) is 8.83. The number of nitrogens with zero attached hydrogens (tertiary/aromatic N) is 5. The molecule has 0 unspecified atom stereocenters. The Hall–Kier alpha value is -4.67. The van der Waals surface area contributed by atoms with Crippen LogP contribution in [-0.4, -0.2) is 83.4 Å². The predicted octanol–water partition coefficient (Wildman–Crippen LogP) is 2.08. The average molecular weight is 550 g/mol. The van der Waals surface area contributed by atoms with Crippen molar-refractivity contribution in [1.82, 2.24) is 25.2 Å². The standard InChI is InChI=1S/C27H28FN7O5/c1-35(2)27(38)17-5-7-22(34-26(17)39-3)33-23-11-19(31-14-32-23)15-4-6-20(16(10-15)12-29)40-21-8-9-30-13-18(21)24(36)25(28)37/h4-7,10-11,14,18,21,25,30,37H,8-9,13H2,1-3H3,(H,31,32,33,34)/t18-,21+,25-/m1/s1. The van der Waals surface area contributed by atoms with E-state index >= 15 is 0 Å². The summed E-state index contributed by atoms with van der Waals surface area (Å²) in [5, 5.41) is 24.9. The first-order valence-electron chi connectivity index (χ1n) is 12.3. The van der Waals surface area contributed by atoms with Crippen LogP contribution < -0.4 is 20.1 Å². The van der Waals surface area contributed by atoms with Crippen LogP contribution in [0.15, 0.2) is 42.7 Å². The van der Waals surface area contributed by atoms with Gasteiger partial charge in [0, 0.05) is 32.3 Å². The van der Waals surface area contributed by atoms with Crippen molar-refractivity contribution in [3.05, 3.63) is 53.9 Å². The van der Waals surface area contributed by atoms with Crippen molar-refractivity contribution in [3.63, 3.8) is 0 Å². The van der Waals surface area contributed by atoms with E-state index < -0.39 is 24.2 Å². The Bertz CT molecular complexity index is 1440. The van der Waals surface area contributed by atoms with E-state index in [9.17, 15) is 19.2 Å². The third kappa shape index (κ3) is 6.31. The summed E-state index contributed by atoms with van der Waals surface area (Å²) < 4.78 is 24.5. The minimum Gasteiger partial charge on any atom is -0.488 e. The zero-order chi connectivity index (χ0) is 28.8. The maximum atomic E-state index is 13.3.